The molecule has 0 aromatic heterocycles. The van der Waals surface area contributed by atoms with E-state index in [1.165, 1.54) is 6.92 Å². The van der Waals surface area contributed by atoms with E-state index in [9.17, 15) is 5.53 Å². The van der Waals surface area contributed by atoms with Crippen molar-refractivity contribution in [3.8, 4) is 0 Å². The summed E-state index contributed by atoms with van der Waals surface area (Å²) in [6.45, 7) is 11.1. The van der Waals surface area contributed by atoms with Gasteiger partial charge in [-0.15, -0.1) is 0 Å². The molecule has 3 aromatic carbocycles. The van der Waals surface area contributed by atoms with Crippen LogP contribution in [0.1, 0.15) is 51.3 Å². The van der Waals surface area contributed by atoms with E-state index in [0.717, 1.165) is 16.7 Å². The molecule has 326 valence electrons. The fourth-order valence-electron chi connectivity index (χ4n) is 8.06. The third kappa shape index (κ3) is 11.9. The van der Waals surface area contributed by atoms with E-state index in [0.29, 0.717) is 26.4 Å². The zero-order chi connectivity index (χ0) is 42.4. The van der Waals surface area contributed by atoms with E-state index in [1.807, 2.05) is 119 Å². The predicted octanol–water partition coefficient (Wildman–Crippen LogP) is 7.36. The molecule has 9 unspecified atom stereocenters. The first-order valence-corrected chi connectivity index (χ1v) is 20.8. The van der Waals surface area contributed by atoms with E-state index < -0.39 is 67.5 Å². The fourth-order valence-corrected chi connectivity index (χ4v) is 8.06. The SMILES string of the molecule is CCOC1C(OC)[C@H](OC2C(C)C(N=[N+]=[N-])[C@H](COCc3ccccc3)O[C@@H]2OC(C)=N)O[C@H](C)C1O[C@@H]1OCC(OCc2ccccc2)C(OCc2ccccc2)C1C. The summed E-state index contributed by atoms with van der Waals surface area (Å²) >= 11 is 0. The van der Waals surface area contributed by atoms with Crippen molar-refractivity contribution >= 4 is 5.90 Å². The molecule has 15 nitrogen and oxygen atoms in total. The maximum Gasteiger partial charge on any atom is 0.228 e. The molecule has 3 aliphatic rings. The van der Waals surface area contributed by atoms with E-state index in [4.69, 9.17) is 57.5 Å². The number of ether oxygens (including phenoxy) is 11. The fraction of sp³-hybridized carbons (Fsp3) is 0.578. The number of benzene rings is 3. The normalized spacial score (nSPS) is 33.1. The summed E-state index contributed by atoms with van der Waals surface area (Å²) in [4.78, 5) is 3.14. The molecule has 0 spiro atoms. The van der Waals surface area contributed by atoms with Gasteiger partial charge in [0.1, 0.15) is 30.5 Å². The summed E-state index contributed by atoms with van der Waals surface area (Å²) in [6, 6.07) is 29.1. The quantitative estimate of drug-likeness (QED) is 0.0420. The molecule has 1 N–H and O–H groups in total. The number of nitrogens with one attached hydrogen (secondary N) is 1. The van der Waals surface area contributed by atoms with E-state index in [1.54, 1.807) is 7.11 Å². The average molecular weight is 833 g/mol. The number of methoxy groups -OCH3 is 1. The highest BCUT2D eigenvalue weighted by atomic mass is 16.8. The van der Waals surface area contributed by atoms with Crippen molar-refractivity contribution in [3.05, 3.63) is 118 Å². The van der Waals surface area contributed by atoms with Crippen molar-refractivity contribution < 1.29 is 52.1 Å². The molecular formula is C45H60N4O11. The molecule has 0 aliphatic carbocycles. The molecule has 6 rings (SSSR count). The van der Waals surface area contributed by atoms with Crippen molar-refractivity contribution in [2.75, 3.05) is 26.9 Å². The molecule has 3 fully saturated rings. The molecule has 0 amide bonds. The van der Waals surface area contributed by atoms with Gasteiger partial charge < -0.3 is 52.1 Å². The average Bonchev–Trinajstić information content (AvgIpc) is 3.25. The maximum atomic E-state index is 9.61. The summed E-state index contributed by atoms with van der Waals surface area (Å²) in [5.41, 5.74) is 12.7. The highest BCUT2D eigenvalue weighted by Crippen LogP contribution is 2.38. The van der Waals surface area contributed by atoms with Gasteiger partial charge in [0.2, 0.25) is 6.29 Å². The maximum absolute atomic E-state index is 9.61. The molecular weight excluding hydrogens is 773 g/mol. The van der Waals surface area contributed by atoms with Crippen molar-refractivity contribution in [2.45, 2.75) is 128 Å². The van der Waals surface area contributed by atoms with Gasteiger partial charge >= 0.3 is 0 Å². The lowest BCUT2D eigenvalue weighted by Gasteiger charge is -2.50. The van der Waals surface area contributed by atoms with E-state index in [-0.39, 0.29) is 37.2 Å². The number of hydrogen-bond donors (Lipinski definition) is 1. The number of nitrogens with zero attached hydrogens (tertiary/aromatic N) is 3. The Bertz CT molecular complexity index is 1770. The van der Waals surface area contributed by atoms with E-state index in [2.05, 4.69) is 10.0 Å². The zero-order valence-corrected chi connectivity index (χ0v) is 35.3. The summed E-state index contributed by atoms with van der Waals surface area (Å²) in [5.74, 6) is -0.784. The predicted molar refractivity (Wildman–Crippen MR) is 221 cm³/mol. The zero-order valence-electron chi connectivity index (χ0n) is 35.3. The van der Waals surface area contributed by atoms with Gasteiger partial charge in [0.05, 0.1) is 57.4 Å². The van der Waals surface area contributed by atoms with Crippen LogP contribution in [0.4, 0.5) is 0 Å². The number of hydrogen-bond acceptors (Lipinski definition) is 13. The molecule has 14 atom stereocenters. The van der Waals surface area contributed by atoms with Crippen molar-refractivity contribution in [1.29, 1.82) is 5.41 Å². The van der Waals surface area contributed by atoms with Crippen LogP contribution in [-0.4, -0.2) is 107 Å². The topological polar surface area (TPSA) is 174 Å². The third-order valence-electron chi connectivity index (χ3n) is 11.2. The molecule has 3 aromatic rings. The number of rotatable bonds is 19. The lowest BCUT2D eigenvalue weighted by Crippen LogP contribution is -2.64. The summed E-state index contributed by atoms with van der Waals surface area (Å²) in [6.07, 6.45) is -7.61. The van der Waals surface area contributed by atoms with Crippen molar-refractivity contribution in [3.63, 3.8) is 0 Å². The minimum atomic E-state index is -1.05. The first-order chi connectivity index (χ1) is 29.2. The Hall–Kier alpha value is -3.96. The van der Waals surface area contributed by atoms with Crippen LogP contribution >= 0.6 is 0 Å². The first-order valence-electron chi connectivity index (χ1n) is 20.8. The second-order valence-electron chi connectivity index (χ2n) is 15.5. The van der Waals surface area contributed by atoms with Gasteiger partial charge in [-0.25, -0.2) is 0 Å². The Morgan fingerprint density at radius 3 is 1.90 bits per heavy atom. The third-order valence-corrected chi connectivity index (χ3v) is 11.2. The molecule has 3 saturated heterocycles. The second kappa shape index (κ2) is 22.8. The Labute approximate surface area is 352 Å². The minimum Gasteiger partial charge on any atom is -0.450 e. The van der Waals surface area contributed by atoms with Crippen molar-refractivity contribution in [2.24, 2.45) is 17.0 Å². The largest absolute Gasteiger partial charge is 0.450 e. The first kappa shape index (κ1) is 45.6. The minimum absolute atomic E-state index is 0.0748. The van der Waals surface area contributed by atoms with Crippen LogP contribution in [0.5, 0.6) is 0 Å². The van der Waals surface area contributed by atoms with Crippen LogP contribution in [0.2, 0.25) is 0 Å². The Balaban J connectivity index is 1.16. The lowest BCUT2D eigenvalue weighted by molar-refractivity contribution is -0.368. The number of azide groups is 1. The molecule has 60 heavy (non-hydrogen) atoms. The smallest absolute Gasteiger partial charge is 0.228 e. The van der Waals surface area contributed by atoms with Crippen LogP contribution < -0.4 is 0 Å². The van der Waals surface area contributed by atoms with Gasteiger partial charge in [-0.2, -0.15) is 0 Å². The Kier molecular flexibility index (Phi) is 17.3. The summed E-state index contributed by atoms with van der Waals surface area (Å²) < 4.78 is 70.3. The molecule has 0 bridgehead atoms. The van der Waals surface area contributed by atoms with Crippen LogP contribution in [0.3, 0.4) is 0 Å². The van der Waals surface area contributed by atoms with Gasteiger partial charge in [-0.1, -0.05) is 110 Å². The van der Waals surface area contributed by atoms with Gasteiger partial charge in [-0.05, 0) is 42.0 Å². The lowest BCUT2D eigenvalue weighted by atomic mass is 9.88. The standard InChI is InChI=1S/C45H60N4O11/c1-7-52-41-40(60-43-29(3)38(54-25-34-21-15-10-16-22-34)36(27-55-43)53-24-33-19-13-9-14-20-33)30(4)56-45(42(41)50-6)59-39-28(2)37(48-49-47)35(58-44(39)57-31(5)46)26-51-23-32-17-11-8-12-18-32/h8-22,28-30,35-46H,7,23-27H2,1-6H3/t28?,29?,30-,35+,36?,37?,38?,39?,40?,41?,42?,43+,44+,45+/m1/s1. The Morgan fingerprint density at radius 2 is 1.32 bits per heavy atom. The van der Waals surface area contributed by atoms with Gasteiger partial charge in [0, 0.05) is 31.5 Å². The van der Waals surface area contributed by atoms with Crippen LogP contribution in [0, 0.1) is 17.2 Å². The molecule has 3 aliphatic heterocycles. The molecule has 0 saturated carbocycles. The Morgan fingerprint density at radius 1 is 0.717 bits per heavy atom. The van der Waals surface area contributed by atoms with Gasteiger partial charge in [0.25, 0.3) is 0 Å². The molecule has 3 heterocycles. The highest BCUT2D eigenvalue weighted by Gasteiger charge is 2.53. The highest BCUT2D eigenvalue weighted by molar-refractivity contribution is 5.69. The molecule has 15 heteroatoms. The van der Waals surface area contributed by atoms with E-state index >= 15 is 0 Å². The monoisotopic (exact) mass is 832 g/mol. The van der Waals surface area contributed by atoms with Crippen LogP contribution in [0.15, 0.2) is 96.1 Å². The summed E-state index contributed by atoms with van der Waals surface area (Å²) in [7, 11) is 1.56. The second-order valence-corrected chi connectivity index (χ2v) is 15.5. The van der Waals surface area contributed by atoms with Crippen LogP contribution in [-0.2, 0) is 71.9 Å². The summed E-state index contributed by atoms with van der Waals surface area (Å²) in [5, 5.41) is 12.3. The van der Waals surface area contributed by atoms with Crippen LogP contribution in [0.25, 0.3) is 10.4 Å². The van der Waals surface area contributed by atoms with Gasteiger partial charge in [0.15, 0.2) is 18.5 Å². The van der Waals surface area contributed by atoms with Gasteiger partial charge in [-0.3, -0.25) is 5.41 Å². The molecule has 0 radical (unpaired) electrons. The van der Waals surface area contributed by atoms with Crippen molar-refractivity contribution in [1.82, 2.24) is 0 Å².